The van der Waals surface area contributed by atoms with E-state index in [9.17, 15) is 0 Å². The summed E-state index contributed by atoms with van der Waals surface area (Å²) in [5.74, 6) is 0.800. The maximum atomic E-state index is 8.75. The molecule has 1 aromatic heterocycles. The molecule has 0 aliphatic heterocycles. The van der Waals surface area contributed by atoms with Gasteiger partial charge in [-0.05, 0) is 51.3 Å². The minimum Gasteiger partial charge on any atom is -0.396 e. The monoisotopic (exact) mass is 322 g/mol. The third-order valence-electron chi connectivity index (χ3n) is 1.75. The van der Waals surface area contributed by atoms with E-state index in [4.69, 9.17) is 5.11 Å². The molecule has 1 unspecified atom stereocenters. The highest BCUT2D eigenvalue weighted by atomic mass is 79.9. The van der Waals surface area contributed by atoms with E-state index < -0.39 is 0 Å². The second-order valence-electron chi connectivity index (χ2n) is 3.04. The van der Waals surface area contributed by atoms with Crippen molar-refractivity contribution < 1.29 is 5.11 Å². The van der Waals surface area contributed by atoms with Crippen LogP contribution >= 0.6 is 31.9 Å². The SMILES string of the molecule is CC(CCO)Nc1ncc(Br)cc1Br. The number of rotatable bonds is 4. The molecule has 0 aromatic carbocycles. The van der Waals surface area contributed by atoms with Gasteiger partial charge in [-0.3, -0.25) is 0 Å². The van der Waals surface area contributed by atoms with Crippen molar-refractivity contribution in [3.63, 3.8) is 0 Å². The molecule has 0 saturated heterocycles. The van der Waals surface area contributed by atoms with E-state index >= 15 is 0 Å². The van der Waals surface area contributed by atoms with Crippen LogP contribution in [0.5, 0.6) is 0 Å². The molecule has 0 aliphatic rings. The zero-order valence-corrected chi connectivity index (χ0v) is 11.0. The van der Waals surface area contributed by atoms with Gasteiger partial charge in [-0.15, -0.1) is 0 Å². The Balaban J connectivity index is 2.67. The zero-order valence-electron chi connectivity index (χ0n) is 7.80. The second kappa shape index (κ2) is 5.68. The minimum absolute atomic E-state index is 0.183. The van der Waals surface area contributed by atoms with Crippen molar-refractivity contribution in [2.24, 2.45) is 0 Å². The number of aliphatic hydroxyl groups is 1. The van der Waals surface area contributed by atoms with Gasteiger partial charge in [0.1, 0.15) is 5.82 Å². The van der Waals surface area contributed by atoms with Crippen LogP contribution in [0.4, 0.5) is 5.82 Å². The van der Waals surface area contributed by atoms with Crippen LogP contribution in [0, 0.1) is 0 Å². The topological polar surface area (TPSA) is 45.1 Å². The molecule has 1 heterocycles. The van der Waals surface area contributed by atoms with Crippen molar-refractivity contribution in [1.82, 2.24) is 4.98 Å². The standard InChI is InChI=1S/C9H12Br2N2O/c1-6(2-3-14)13-9-8(11)4-7(10)5-12-9/h4-6,14H,2-3H2,1H3,(H,12,13). The molecular weight excluding hydrogens is 312 g/mol. The van der Waals surface area contributed by atoms with E-state index in [-0.39, 0.29) is 12.6 Å². The number of aliphatic hydroxyl groups excluding tert-OH is 1. The van der Waals surface area contributed by atoms with Gasteiger partial charge in [-0.1, -0.05) is 0 Å². The molecule has 0 radical (unpaired) electrons. The summed E-state index contributed by atoms with van der Waals surface area (Å²) in [7, 11) is 0. The molecule has 0 saturated carbocycles. The number of nitrogens with zero attached hydrogens (tertiary/aromatic N) is 1. The first-order valence-electron chi connectivity index (χ1n) is 4.32. The maximum Gasteiger partial charge on any atom is 0.140 e. The zero-order chi connectivity index (χ0) is 10.6. The molecule has 78 valence electrons. The van der Waals surface area contributed by atoms with E-state index in [0.29, 0.717) is 6.42 Å². The fourth-order valence-corrected chi connectivity index (χ4v) is 2.12. The molecular formula is C9H12Br2N2O. The van der Waals surface area contributed by atoms with E-state index in [1.165, 1.54) is 0 Å². The Labute approximate surface area is 100 Å². The number of halogens is 2. The van der Waals surface area contributed by atoms with Gasteiger partial charge in [0.15, 0.2) is 0 Å². The third-order valence-corrected chi connectivity index (χ3v) is 2.79. The fourth-order valence-electron chi connectivity index (χ4n) is 1.02. The summed E-state index contributed by atoms with van der Waals surface area (Å²) in [6, 6.07) is 2.14. The van der Waals surface area contributed by atoms with E-state index in [1.54, 1.807) is 6.20 Å². The number of anilines is 1. The van der Waals surface area contributed by atoms with Crippen LogP contribution in [-0.2, 0) is 0 Å². The molecule has 14 heavy (non-hydrogen) atoms. The second-order valence-corrected chi connectivity index (χ2v) is 4.81. The molecule has 1 aromatic rings. The number of pyridine rings is 1. The summed E-state index contributed by atoms with van der Waals surface area (Å²) in [5.41, 5.74) is 0. The highest BCUT2D eigenvalue weighted by Crippen LogP contribution is 2.24. The summed E-state index contributed by atoms with van der Waals surface area (Å²) in [5, 5.41) is 11.9. The lowest BCUT2D eigenvalue weighted by Gasteiger charge is -2.14. The van der Waals surface area contributed by atoms with Gasteiger partial charge in [0, 0.05) is 23.3 Å². The molecule has 2 N–H and O–H groups in total. The van der Waals surface area contributed by atoms with Gasteiger partial charge in [-0.25, -0.2) is 4.98 Å². The molecule has 0 bridgehead atoms. The predicted molar refractivity (Wildman–Crippen MR) is 64.4 cm³/mol. The number of hydrogen-bond acceptors (Lipinski definition) is 3. The van der Waals surface area contributed by atoms with Crippen LogP contribution in [-0.4, -0.2) is 22.7 Å². The van der Waals surface area contributed by atoms with Crippen LogP contribution in [0.1, 0.15) is 13.3 Å². The van der Waals surface area contributed by atoms with E-state index in [0.717, 1.165) is 14.8 Å². The molecule has 1 rings (SSSR count). The Morgan fingerprint density at radius 3 is 2.86 bits per heavy atom. The van der Waals surface area contributed by atoms with Gasteiger partial charge in [0.2, 0.25) is 0 Å². The van der Waals surface area contributed by atoms with Crippen LogP contribution in [0.3, 0.4) is 0 Å². The third kappa shape index (κ3) is 3.55. The van der Waals surface area contributed by atoms with Crippen molar-refractivity contribution in [1.29, 1.82) is 0 Å². The predicted octanol–water partition coefficient (Wildman–Crippen LogP) is 2.79. The van der Waals surface area contributed by atoms with Crippen LogP contribution in [0.15, 0.2) is 21.2 Å². The molecule has 5 heteroatoms. The summed E-state index contributed by atoms with van der Waals surface area (Å²) >= 11 is 6.74. The Hall–Kier alpha value is -0.130. The molecule has 0 fully saturated rings. The largest absolute Gasteiger partial charge is 0.396 e. The highest BCUT2D eigenvalue weighted by Gasteiger charge is 2.05. The molecule has 0 amide bonds. The van der Waals surface area contributed by atoms with Gasteiger partial charge in [0.05, 0.1) is 4.47 Å². The first-order valence-corrected chi connectivity index (χ1v) is 5.90. The molecule has 3 nitrogen and oxygen atoms in total. The van der Waals surface area contributed by atoms with Crippen LogP contribution < -0.4 is 5.32 Å². The number of aromatic nitrogens is 1. The Kier molecular flexibility index (Phi) is 4.84. The first kappa shape index (κ1) is 11.9. The smallest absolute Gasteiger partial charge is 0.140 e. The van der Waals surface area contributed by atoms with E-state index in [2.05, 4.69) is 42.2 Å². The first-order chi connectivity index (χ1) is 6.63. The van der Waals surface area contributed by atoms with Crippen molar-refractivity contribution in [3.05, 3.63) is 21.2 Å². The van der Waals surface area contributed by atoms with Crippen LogP contribution in [0.2, 0.25) is 0 Å². The molecule has 0 spiro atoms. The molecule has 0 aliphatic carbocycles. The summed E-state index contributed by atoms with van der Waals surface area (Å²) in [6.45, 7) is 2.19. The Morgan fingerprint density at radius 2 is 2.29 bits per heavy atom. The van der Waals surface area contributed by atoms with Gasteiger partial charge < -0.3 is 10.4 Å². The van der Waals surface area contributed by atoms with Gasteiger partial charge >= 0.3 is 0 Å². The highest BCUT2D eigenvalue weighted by molar-refractivity contribution is 9.11. The number of nitrogens with one attached hydrogen (secondary N) is 1. The lowest BCUT2D eigenvalue weighted by molar-refractivity contribution is 0.282. The average molecular weight is 324 g/mol. The lowest BCUT2D eigenvalue weighted by atomic mass is 10.2. The fraction of sp³-hybridized carbons (Fsp3) is 0.444. The normalized spacial score (nSPS) is 12.6. The van der Waals surface area contributed by atoms with Gasteiger partial charge in [-0.2, -0.15) is 0 Å². The van der Waals surface area contributed by atoms with Crippen molar-refractivity contribution in [2.45, 2.75) is 19.4 Å². The maximum absolute atomic E-state index is 8.75. The van der Waals surface area contributed by atoms with Crippen molar-refractivity contribution in [3.8, 4) is 0 Å². The van der Waals surface area contributed by atoms with E-state index in [1.807, 2.05) is 13.0 Å². The Morgan fingerprint density at radius 1 is 1.57 bits per heavy atom. The Bertz CT molecular complexity index is 307. The van der Waals surface area contributed by atoms with Crippen molar-refractivity contribution in [2.75, 3.05) is 11.9 Å². The minimum atomic E-state index is 0.183. The lowest BCUT2D eigenvalue weighted by Crippen LogP contribution is -2.17. The van der Waals surface area contributed by atoms with Gasteiger partial charge in [0.25, 0.3) is 0 Å². The number of hydrogen-bond donors (Lipinski definition) is 2. The summed E-state index contributed by atoms with van der Waals surface area (Å²) in [4.78, 5) is 4.21. The summed E-state index contributed by atoms with van der Waals surface area (Å²) in [6.07, 6.45) is 2.45. The average Bonchev–Trinajstić information content (AvgIpc) is 2.10. The quantitative estimate of drug-likeness (QED) is 0.895. The summed E-state index contributed by atoms with van der Waals surface area (Å²) < 4.78 is 1.85. The van der Waals surface area contributed by atoms with Crippen LogP contribution in [0.25, 0.3) is 0 Å². The van der Waals surface area contributed by atoms with Crippen molar-refractivity contribution >= 4 is 37.7 Å². The molecule has 1 atom stereocenters.